The van der Waals surface area contributed by atoms with Crippen molar-refractivity contribution in [1.29, 1.82) is 0 Å². The molecule has 5 rings (SSSR count). The van der Waals surface area contributed by atoms with Gasteiger partial charge in [-0.2, -0.15) is 16.8 Å². The lowest BCUT2D eigenvalue weighted by molar-refractivity contribution is -0.155. The zero-order valence-corrected chi connectivity index (χ0v) is 39.4. The summed E-state index contributed by atoms with van der Waals surface area (Å²) in [5, 5.41) is 72.8. The smallest absolute Gasteiger partial charge is 0.394 e. The number of carbonyl (C=O) groups is 1. The van der Waals surface area contributed by atoms with Gasteiger partial charge in [0, 0.05) is 47.4 Å². The number of aliphatic hydroxyl groups excluding tert-OH is 5. The summed E-state index contributed by atoms with van der Waals surface area (Å²) in [5.41, 5.74) is 2.93. The van der Waals surface area contributed by atoms with Crippen molar-refractivity contribution in [3.63, 3.8) is 0 Å². The fraction of sp³-hybridized carbons (Fsp3) is 0.558. The van der Waals surface area contributed by atoms with Crippen LogP contribution in [-0.4, -0.2) is 138 Å². The van der Waals surface area contributed by atoms with Crippen molar-refractivity contribution in [2.75, 3.05) is 26.7 Å². The maximum Gasteiger partial charge on any atom is 0.394 e. The van der Waals surface area contributed by atoms with Crippen molar-refractivity contribution in [2.45, 2.75) is 128 Å². The molecular formula is C43H69N3O17S2. The Hall–Kier alpha value is -3.85. The van der Waals surface area contributed by atoms with Gasteiger partial charge in [-0.3, -0.25) is 23.0 Å². The maximum absolute atomic E-state index is 12.4. The SMILES string of the molecule is CC(C)(C)NCC(O)c1ccc(O)c(CO)c1.CC(C)(C)NCC(O)c1ccc(O)c(CO)c1.CN1[C@@H]2CC[C@H]1C[C@@H](OC(=O)C(CO)c1ccccc1)C2.O=S(=O)(O)O.O=S(=O)(O)O. The Kier molecular flexibility index (Phi) is 24.7. The van der Waals surface area contributed by atoms with Gasteiger partial charge >= 0.3 is 26.8 Å². The van der Waals surface area contributed by atoms with Crippen molar-refractivity contribution < 1.29 is 80.3 Å². The van der Waals surface area contributed by atoms with Crippen molar-refractivity contribution >= 4 is 26.8 Å². The van der Waals surface area contributed by atoms with Crippen LogP contribution in [0.1, 0.15) is 113 Å². The summed E-state index contributed by atoms with van der Waals surface area (Å²) in [5.74, 6) is -0.763. The molecule has 0 radical (unpaired) electrons. The molecule has 22 heteroatoms. The highest BCUT2D eigenvalue weighted by Crippen LogP contribution is 2.36. The predicted octanol–water partition coefficient (Wildman–Crippen LogP) is 3.24. The van der Waals surface area contributed by atoms with E-state index >= 15 is 0 Å². The molecule has 3 unspecified atom stereocenters. The lowest BCUT2D eigenvalue weighted by Crippen LogP contribution is -2.43. The van der Waals surface area contributed by atoms with Crippen LogP contribution in [0.2, 0.25) is 0 Å². The second-order valence-corrected chi connectivity index (χ2v) is 19.3. The number of nitrogens with zero attached hydrogens (tertiary/aromatic N) is 1. The van der Waals surface area contributed by atoms with Crippen LogP contribution in [0.3, 0.4) is 0 Å². The van der Waals surface area contributed by atoms with E-state index in [1.165, 1.54) is 25.0 Å². The van der Waals surface area contributed by atoms with Gasteiger partial charge in [-0.1, -0.05) is 42.5 Å². The fourth-order valence-electron chi connectivity index (χ4n) is 6.63. The Balaban J connectivity index is 0.000000443. The van der Waals surface area contributed by atoms with E-state index in [2.05, 4.69) is 22.6 Å². The number of aromatic hydroxyl groups is 2. The molecule has 13 N–H and O–H groups in total. The molecule has 3 aromatic carbocycles. The van der Waals surface area contributed by atoms with Crippen molar-refractivity contribution in [1.82, 2.24) is 15.5 Å². The Morgan fingerprint density at radius 3 is 1.37 bits per heavy atom. The first-order chi connectivity index (χ1) is 29.8. The molecule has 2 bridgehead atoms. The zero-order chi connectivity index (χ0) is 49.9. The molecule has 20 nitrogen and oxygen atoms in total. The number of phenols is 2. The van der Waals surface area contributed by atoms with Crippen LogP contribution >= 0.6 is 0 Å². The normalized spacial score (nSPS) is 18.7. The number of benzene rings is 3. The predicted molar refractivity (Wildman–Crippen MR) is 242 cm³/mol. The molecule has 6 atom stereocenters. The van der Waals surface area contributed by atoms with E-state index < -0.39 is 38.9 Å². The van der Waals surface area contributed by atoms with Crippen molar-refractivity contribution in [2.24, 2.45) is 0 Å². The average Bonchev–Trinajstić information content (AvgIpc) is 3.38. The zero-order valence-electron chi connectivity index (χ0n) is 37.8. The van der Waals surface area contributed by atoms with Crippen LogP contribution in [0.5, 0.6) is 11.5 Å². The van der Waals surface area contributed by atoms with E-state index in [0.29, 0.717) is 47.4 Å². The van der Waals surface area contributed by atoms with E-state index in [4.69, 9.17) is 50.0 Å². The summed E-state index contributed by atoms with van der Waals surface area (Å²) < 4.78 is 68.9. The van der Waals surface area contributed by atoms with Gasteiger partial charge in [-0.15, -0.1) is 0 Å². The molecular weight excluding hydrogens is 895 g/mol. The summed E-state index contributed by atoms with van der Waals surface area (Å²) in [6, 6.07) is 20.0. The third-order valence-electron chi connectivity index (χ3n) is 9.98. The van der Waals surface area contributed by atoms with Crippen molar-refractivity contribution in [3.05, 3.63) is 94.5 Å². The molecule has 370 valence electrons. The molecule has 0 spiro atoms. The van der Waals surface area contributed by atoms with Crippen LogP contribution in [0.15, 0.2) is 66.7 Å². The third kappa shape index (κ3) is 25.6. The first kappa shape index (κ1) is 59.2. The Bertz CT molecular complexity index is 1960. The van der Waals surface area contributed by atoms with Gasteiger partial charge in [0.25, 0.3) is 0 Å². The molecule has 0 saturated carbocycles. The van der Waals surface area contributed by atoms with E-state index in [-0.39, 0.29) is 54.5 Å². The second-order valence-electron chi connectivity index (χ2n) is 17.5. The second kappa shape index (κ2) is 27.1. The number of ether oxygens (including phenoxy) is 1. The highest BCUT2D eigenvalue weighted by Gasteiger charge is 2.40. The molecule has 0 aromatic heterocycles. The van der Waals surface area contributed by atoms with E-state index in [0.717, 1.165) is 18.4 Å². The van der Waals surface area contributed by atoms with Crippen LogP contribution in [0.4, 0.5) is 0 Å². The Morgan fingerprint density at radius 1 is 0.677 bits per heavy atom. The number of piperidine rings is 1. The number of aliphatic hydroxyl groups is 5. The van der Waals surface area contributed by atoms with Crippen LogP contribution in [-0.2, 0) is 43.5 Å². The average molecular weight is 964 g/mol. The largest absolute Gasteiger partial charge is 0.508 e. The molecule has 2 fully saturated rings. The number of nitrogens with one attached hydrogen (secondary N) is 2. The molecule has 65 heavy (non-hydrogen) atoms. The molecule has 3 aromatic rings. The van der Waals surface area contributed by atoms with Crippen LogP contribution in [0, 0.1) is 0 Å². The maximum atomic E-state index is 12.4. The minimum absolute atomic E-state index is 0.00367. The number of esters is 1. The fourth-order valence-corrected chi connectivity index (χ4v) is 6.63. The minimum atomic E-state index is -4.67. The first-order valence-electron chi connectivity index (χ1n) is 20.5. The van der Waals surface area contributed by atoms with Gasteiger partial charge in [0.05, 0.1) is 32.0 Å². The molecule has 2 aliphatic heterocycles. The summed E-state index contributed by atoms with van der Waals surface area (Å²) >= 11 is 0. The van der Waals surface area contributed by atoms with Gasteiger partial charge in [0.2, 0.25) is 0 Å². The van der Waals surface area contributed by atoms with E-state index in [1.54, 1.807) is 24.3 Å². The molecule has 0 aliphatic carbocycles. The topological polar surface area (TPSA) is 344 Å². The number of β-amino-alcohol motifs (C(OH)–C–C–N with tert-alkyl or cyclic N) is 2. The number of hydrogen-bond acceptors (Lipinski definition) is 16. The van der Waals surface area contributed by atoms with Crippen LogP contribution in [0.25, 0.3) is 0 Å². The van der Waals surface area contributed by atoms with Gasteiger partial charge in [0.1, 0.15) is 23.5 Å². The summed E-state index contributed by atoms with van der Waals surface area (Å²) in [6.45, 7) is 12.3. The van der Waals surface area contributed by atoms with Crippen LogP contribution < -0.4 is 10.6 Å². The standard InChI is InChI=1S/C17H23NO3.2C13H21NO3.2H2O4S/c1-18-13-7-8-14(18)10-15(9-13)21-17(20)16(11-19)12-5-3-2-4-6-12;2*1-13(2,3)14-7-12(17)9-4-5-11(16)10(6-9)8-15;2*1-5(2,3)4/h2-6,13-16,19H,7-11H2,1H3;2*4-6,12,14-17H,7-8H2,1-3H3;2*(H2,1,2,3,4)/t13-,14+,15+,16?;;;;. The molecule has 2 heterocycles. The Morgan fingerprint density at radius 2 is 1.05 bits per heavy atom. The first-order valence-corrected chi connectivity index (χ1v) is 23.3. The van der Waals surface area contributed by atoms with E-state index in [1.807, 2.05) is 71.9 Å². The number of carbonyl (C=O) groups excluding carboxylic acids is 1. The summed E-state index contributed by atoms with van der Waals surface area (Å²) in [7, 11) is -7.17. The number of rotatable bonds is 12. The molecule has 0 amide bonds. The van der Waals surface area contributed by atoms with Crippen molar-refractivity contribution in [3.8, 4) is 11.5 Å². The lowest BCUT2D eigenvalue weighted by atomic mass is 9.98. The number of fused-ring (bicyclic) bond motifs is 2. The third-order valence-corrected chi connectivity index (χ3v) is 9.98. The van der Waals surface area contributed by atoms with Gasteiger partial charge in [0.15, 0.2) is 0 Å². The highest BCUT2D eigenvalue weighted by molar-refractivity contribution is 7.80. The number of hydrogen-bond donors (Lipinski definition) is 13. The van der Waals surface area contributed by atoms with E-state index in [9.17, 15) is 30.3 Å². The summed E-state index contributed by atoms with van der Waals surface area (Å²) in [6.07, 6.45) is 2.95. The minimum Gasteiger partial charge on any atom is -0.508 e. The molecule has 2 saturated heterocycles. The monoisotopic (exact) mass is 963 g/mol. The lowest BCUT2D eigenvalue weighted by Gasteiger charge is -2.36. The highest BCUT2D eigenvalue weighted by atomic mass is 32.3. The molecule has 2 aliphatic rings. The van der Waals surface area contributed by atoms with Gasteiger partial charge in [-0.05, 0) is 115 Å². The van der Waals surface area contributed by atoms with Gasteiger partial charge < -0.3 is 56.0 Å². The summed E-state index contributed by atoms with van der Waals surface area (Å²) in [4.78, 5) is 14.8. The Labute approximate surface area is 382 Å². The quantitative estimate of drug-likeness (QED) is 0.0915. The van der Waals surface area contributed by atoms with Gasteiger partial charge in [-0.25, -0.2) is 0 Å².